The lowest BCUT2D eigenvalue weighted by molar-refractivity contribution is -0.157. The zero-order chi connectivity index (χ0) is 28.2. The number of nitrogens with two attached hydrogens (primary N) is 1. The quantitative estimate of drug-likeness (QED) is 0.161. The molecule has 3 amide bonds. The molecule has 5 N–H and O–H groups in total. The van der Waals surface area contributed by atoms with E-state index in [1.165, 1.54) is 13.8 Å². The van der Waals surface area contributed by atoms with E-state index in [1.54, 1.807) is 11.1 Å². The first-order valence-corrected chi connectivity index (χ1v) is 13.5. The van der Waals surface area contributed by atoms with E-state index in [0.717, 1.165) is 11.3 Å². The van der Waals surface area contributed by atoms with Crippen LogP contribution in [0.3, 0.4) is 0 Å². The van der Waals surface area contributed by atoms with E-state index in [9.17, 15) is 19.2 Å². The number of hydrogen-bond acceptors (Lipinski definition) is 9. The Bertz CT molecular complexity index is 1270. The first-order chi connectivity index (χ1) is 18.5. The van der Waals surface area contributed by atoms with Gasteiger partial charge in [-0.25, -0.2) is 9.78 Å². The van der Waals surface area contributed by atoms with Gasteiger partial charge in [0.25, 0.3) is 0 Å². The summed E-state index contributed by atoms with van der Waals surface area (Å²) in [6.45, 7) is 4.35. The van der Waals surface area contributed by atoms with E-state index < -0.39 is 23.3 Å². The van der Waals surface area contributed by atoms with E-state index >= 15 is 0 Å². The highest BCUT2D eigenvalue weighted by atomic mass is 79.9. The minimum absolute atomic E-state index is 0.0411. The van der Waals surface area contributed by atoms with Crippen molar-refractivity contribution in [2.75, 3.05) is 30.3 Å². The van der Waals surface area contributed by atoms with E-state index in [2.05, 4.69) is 41.8 Å². The van der Waals surface area contributed by atoms with Gasteiger partial charge in [-0.2, -0.15) is 4.98 Å². The number of aromatic nitrogens is 2. The number of likely N-dealkylation sites (tertiary alicyclic amines) is 1. The molecule has 4 rings (SSSR count). The SMILES string of the molecule is CC(C)(C(N)=O)C(=O)NCCCNc1nc(Nc2cccc(CCC(=O)N3C[C@@H]4C[C@H]3C(=O)O4)c2)ncc1Br. The largest absolute Gasteiger partial charge is 0.459 e. The molecule has 2 aromatic rings. The second-order valence-corrected chi connectivity index (χ2v) is 11.0. The molecule has 2 bridgehead atoms. The molecular formula is C26H32BrN7O5. The van der Waals surface area contributed by atoms with E-state index in [4.69, 9.17) is 10.5 Å². The van der Waals surface area contributed by atoms with Gasteiger partial charge in [-0.15, -0.1) is 0 Å². The number of amides is 3. The van der Waals surface area contributed by atoms with Crippen molar-refractivity contribution in [1.82, 2.24) is 20.2 Å². The smallest absolute Gasteiger partial charge is 0.329 e. The van der Waals surface area contributed by atoms with Crippen molar-refractivity contribution in [1.29, 1.82) is 0 Å². The molecule has 2 atom stereocenters. The zero-order valence-electron chi connectivity index (χ0n) is 21.8. The third-order valence-corrected chi connectivity index (χ3v) is 7.39. The Morgan fingerprint density at radius 1 is 1.26 bits per heavy atom. The number of carbonyl (C=O) groups excluding carboxylic acids is 4. The number of ether oxygens (including phenoxy) is 1. The number of primary amides is 1. The highest BCUT2D eigenvalue weighted by Gasteiger charge is 2.48. The number of anilines is 3. The van der Waals surface area contributed by atoms with E-state index in [-0.39, 0.29) is 18.0 Å². The number of fused-ring (bicyclic) bond motifs is 2. The standard InChI is InChI=1S/C26H32BrN7O5/c1-26(2,23(28)37)24(38)30-10-4-9-29-21-18(27)13-31-25(33-21)32-16-6-3-5-15(11-16)7-8-20(35)34-14-17-12-19(34)22(36)39-17/h3,5-6,11,13,17,19H,4,7-10,12,14H2,1-2H3,(H2,28,37)(H,30,38)(H2,29,31,32,33)/t17-,19-/m0/s1. The van der Waals surface area contributed by atoms with Gasteiger partial charge in [0, 0.05) is 37.8 Å². The summed E-state index contributed by atoms with van der Waals surface area (Å²) in [5, 5.41) is 9.11. The molecule has 1 aromatic heterocycles. The van der Waals surface area contributed by atoms with Crippen LogP contribution in [0.15, 0.2) is 34.9 Å². The average molecular weight is 602 g/mol. The maximum Gasteiger partial charge on any atom is 0.329 e. The molecule has 0 saturated carbocycles. The van der Waals surface area contributed by atoms with Gasteiger partial charge in [0.1, 0.15) is 23.4 Å². The van der Waals surface area contributed by atoms with Gasteiger partial charge in [0.15, 0.2) is 0 Å². The van der Waals surface area contributed by atoms with Crippen molar-refractivity contribution in [2.24, 2.45) is 11.1 Å². The van der Waals surface area contributed by atoms with Crippen LogP contribution >= 0.6 is 15.9 Å². The average Bonchev–Trinajstić information content (AvgIpc) is 3.48. The number of esters is 1. The van der Waals surface area contributed by atoms with Crippen molar-refractivity contribution in [3.63, 3.8) is 0 Å². The molecular weight excluding hydrogens is 570 g/mol. The summed E-state index contributed by atoms with van der Waals surface area (Å²) in [4.78, 5) is 58.4. The number of nitrogens with zero attached hydrogens (tertiary/aromatic N) is 3. The number of carbonyl (C=O) groups is 4. The Balaban J connectivity index is 1.26. The molecule has 0 aliphatic carbocycles. The van der Waals surface area contributed by atoms with Crippen molar-refractivity contribution >= 4 is 57.1 Å². The highest BCUT2D eigenvalue weighted by molar-refractivity contribution is 9.10. The molecule has 0 radical (unpaired) electrons. The number of nitrogens with one attached hydrogen (secondary N) is 3. The van der Waals surface area contributed by atoms with Gasteiger partial charge < -0.3 is 31.3 Å². The van der Waals surface area contributed by atoms with Gasteiger partial charge in [-0.05, 0) is 60.3 Å². The zero-order valence-corrected chi connectivity index (χ0v) is 23.4. The fourth-order valence-corrected chi connectivity index (χ4v) is 4.67. The summed E-state index contributed by atoms with van der Waals surface area (Å²) in [6, 6.07) is 7.23. The fraction of sp³-hybridized carbons (Fsp3) is 0.462. The fourth-order valence-electron chi connectivity index (χ4n) is 4.33. The summed E-state index contributed by atoms with van der Waals surface area (Å²) in [5.41, 5.74) is 5.75. The number of halogens is 1. The van der Waals surface area contributed by atoms with Crippen LogP contribution in [0.1, 0.15) is 38.7 Å². The predicted molar refractivity (Wildman–Crippen MR) is 147 cm³/mol. The number of hydrogen-bond donors (Lipinski definition) is 4. The molecule has 3 heterocycles. The third-order valence-electron chi connectivity index (χ3n) is 6.81. The van der Waals surface area contributed by atoms with Crippen LogP contribution in [0.4, 0.5) is 17.5 Å². The molecule has 2 fully saturated rings. The van der Waals surface area contributed by atoms with Gasteiger partial charge >= 0.3 is 5.97 Å². The van der Waals surface area contributed by atoms with Crippen LogP contribution in [-0.2, 0) is 30.3 Å². The highest BCUT2D eigenvalue weighted by Crippen LogP contribution is 2.30. The topological polar surface area (TPSA) is 169 Å². The lowest BCUT2D eigenvalue weighted by atomic mass is 9.91. The molecule has 39 heavy (non-hydrogen) atoms. The van der Waals surface area contributed by atoms with Crippen molar-refractivity contribution in [3.8, 4) is 0 Å². The van der Waals surface area contributed by atoms with Crippen molar-refractivity contribution in [2.45, 2.75) is 51.7 Å². The van der Waals surface area contributed by atoms with Crippen molar-refractivity contribution in [3.05, 3.63) is 40.5 Å². The van der Waals surface area contributed by atoms with Crippen LogP contribution in [0.5, 0.6) is 0 Å². The van der Waals surface area contributed by atoms with E-state index in [1.807, 2.05) is 24.3 Å². The molecule has 208 valence electrons. The van der Waals surface area contributed by atoms with Gasteiger partial charge in [-0.3, -0.25) is 14.4 Å². The van der Waals surface area contributed by atoms with Crippen LogP contribution in [-0.4, -0.2) is 70.3 Å². The molecule has 0 unspecified atom stereocenters. The van der Waals surface area contributed by atoms with Crippen LogP contribution in [0.25, 0.3) is 0 Å². The molecule has 2 aliphatic heterocycles. The number of morpholine rings is 1. The van der Waals surface area contributed by atoms with Gasteiger partial charge in [-0.1, -0.05) is 12.1 Å². The van der Waals surface area contributed by atoms with E-state index in [0.29, 0.717) is 61.6 Å². The van der Waals surface area contributed by atoms with Crippen molar-refractivity contribution < 1.29 is 23.9 Å². The Hall–Kier alpha value is -3.74. The van der Waals surface area contributed by atoms with Crippen LogP contribution in [0, 0.1) is 5.41 Å². The molecule has 1 aromatic carbocycles. The van der Waals surface area contributed by atoms with Crippen LogP contribution < -0.4 is 21.7 Å². The maximum atomic E-state index is 12.7. The molecule has 2 aliphatic rings. The normalized spacial score (nSPS) is 18.0. The number of benzene rings is 1. The molecule has 2 saturated heterocycles. The number of aryl methyl sites for hydroxylation is 1. The Kier molecular flexibility index (Phi) is 8.68. The minimum Gasteiger partial charge on any atom is -0.459 e. The third kappa shape index (κ3) is 6.83. The summed E-state index contributed by atoms with van der Waals surface area (Å²) >= 11 is 3.44. The summed E-state index contributed by atoms with van der Waals surface area (Å²) in [6.07, 6.45) is 3.51. The Morgan fingerprint density at radius 2 is 2.05 bits per heavy atom. The molecule has 12 nitrogen and oxygen atoms in total. The Morgan fingerprint density at radius 3 is 2.77 bits per heavy atom. The molecule has 0 spiro atoms. The predicted octanol–water partition coefficient (Wildman–Crippen LogP) is 1.87. The first kappa shape index (κ1) is 28.3. The maximum absolute atomic E-state index is 12.7. The molecule has 13 heteroatoms. The van der Waals surface area contributed by atoms with Crippen LogP contribution in [0.2, 0.25) is 0 Å². The summed E-state index contributed by atoms with van der Waals surface area (Å²) < 4.78 is 5.84. The summed E-state index contributed by atoms with van der Waals surface area (Å²) in [7, 11) is 0. The van der Waals surface area contributed by atoms with Gasteiger partial charge in [0.2, 0.25) is 23.7 Å². The monoisotopic (exact) mass is 601 g/mol. The second kappa shape index (κ2) is 12.0. The lowest BCUT2D eigenvalue weighted by Gasteiger charge is -2.25. The van der Waals surface area contributed by atoms with Gasteiger partial charge in [0.05, 0.1) is 11.0 Å². The lowest BCUT2D eigenvalue weighted by Crippen LogP contribution is -2.46. The minimum atomic E-state index is -1.26. The number of rotatable bonds is 12. The second-order valence-electron chi connectivity index (χ2n) is 10.1. The summed E-state index contributed by atoms with van der Waals surface area (Å²) in [5.74, 6) is -0.465. The Labute approximate surface area is 234 Å². The first-order valence-electron chi connectivity index (χ1n) is 12.7.